The van der Waals surface area contributed by atoms with E-state index in [1.54, 1.807) is 24.5 Å². The fourth-order valence-corrected chi connectivity index (χ4v) is 1.50. The van der Waals surface area contributed by atoms with Crippen LogP contribution in [0.4, 0.5) is 8.78 Å². The zero-order chi connectivity index (χ0) is 12.3. The summed E-state index contributed by atoms with van der Waals surface area (Å²) in [6, 6.07) is 6.36. The van der Waals surface area contributed by atoms with Crippen LogP contribution < -0.4 is 0 Å². The highest BCUT2D eigenvalue weighted by Crippen LogP contribution is 2.12. The molecule has 0 aliphatic heterocycles. The van der Waals surface area contributed by atoms with Crippen LogP contribution in [0.5, 0.6) is 0 Å². The van der Waals surface area contributed by atoms with Gasteiger partial charge < -0.3 is 0 Å². The summed E-state index contributed by atoms with van der Waals surface area (Å²) in [5.41, 5.74) is 0.594. The van der Waals surface area contributed by atoms with Crippen LogP contribution in [0, 0.1) is 11.6 Å². The first-order valence-electron chi connectivity index (χ1n) is 5.04. The molecule has 0 saturated carbocycles. The van der Waals surface area contributed by atoms with Gasteiger partial charge in [0.2, 0.25) is 0 Å². The van der Waals surface area contributed by atoms with E-state index in [0.29, 0.717) is 11.6 Å². The van der Waals surface area contributed by atoms with E-state index in [9.17, 15) is 13.6 Å². The average Bonchev–Trinajstić information content (AvgIpc) is 2.30. The van der Waals surface area contributed by atoms with E-state index >= 15 is 0 Å². The van der Waals surface area contributed by atoms with Gasteiger partial charge in [-0.2, -0.15) is 0 Å². The van der Waals surface area contributed by atoms with E-state index in [2.05, 4.69) is 4.98 Å². The van der Waals surface area contributed by atoms with Crippen molar-refractivity contribution in [3.05, 3.63) is 65.5 Å². The van der Waals surface area contributed by atoms with E-state index in [1.165, 1.54) is 0 Å². The Morgan fingerprint density at radius 3 is 2.71 bits per heavy atom. The lowest BCUT2D eigenvalue weighted by Crippen LogP contribution is -2.06. The smallest absolute Gasteiger partial charge is 0.170 e. The minimum absolute atomic E-state index is 0.0520. The number of benzene rings is 1. The van der Waals surface area contributed by atoms with Crippen molar-refractivity contribution in [2.24, 2.45) is 0 Å². The van der Waals surface area contributed by atoms with Gasteiger partial charge in [-0.25, -0.2) is 8.78 Å². The van der Waals surface area contributed by atoms with E-state index in [1.807, 2.05) is 0 Å². The lowest BCUT2D eigenvalue weighted by Gasteiger charge is -2.02. The highest BCUT2D eigenvalue weighted by atomic mass is 19.1. The van der Waals surface area contributed by atoms with Gasteiger partial charge >= 0.3 is 0 Å². The van der Waals surface area contributed by atoms with Gasteiger partial charge in [-0.15, -0.1) is 0 Å². The summed E-state index contributed by atoms with van der Waals surface area (Å²) in [7, 11) is 0. The lowest BCUT2D eigenvalue weighted by molar-refractivity contribution is 0.0989. The molecule has 1 aromatic heterocycles. The first kappa shape index (κ1) is 11.4. The van der Waals surface area contributed by atoms with E-state index in [4.69, 9.17) is 0 Å². The number of ketones is 1. The number of carbonyl (C=O) groups excluding carboxylic acids is 1. The number of Topliss-reactive ketones (excluding diaryl/α,β-unsaturated/α-hetero) is 1. The van der Waals surface area contributed by atoms with Gasteiger partial charge in [0, 0.05) is 24.9 Å². The van der Waals surface area contributed by atoms with E-state index in [-0.39, 0.29) is 12.0 Å². The third-order valence-corrected chi connectivity index (χ3v) is 2.32. The molecule has 2 nitrogen and oxygen atoms in total. The highest BCUT2D eigenvalue weighted by Gasteiger charge is 2.12. The second kappa shape index (κ2) is 4.82. The predicted molar refractivity (Wildman–Crippen MR) is 58.6 cm³/mol. The quantitative estimate of drug-likeness (QED) is 0.763. The Morgan fingerprint density at radius 1 is 1.24 bits per heavy atom. The SMILES string of the molecule is O=C(Cc1cccnc1)c1ccc(F)cc1F. The normalized spacial score (nSPS) is 10.2. The number of carbonyl (C=O) groups is 1. The van der Waals surface area contributed by atoms with Crippen molar-refractivity contribution in [3.8, 4) is 0 Å². The van der Waals surface area contributed by atoms with Crippen molar-refractivity contribution in [2.45, 2.75) is 6.42 Å². The third kappa shape index (κ3) is 2.72. The van der Waals surface area contributed by atoms with Crippen LogP contribution in [0.25, 0.3) is 0 Å². The Bertz CT molecular complexity index is 540. The number of pyridine rings is 1. The lowest BCUT2D eigenvalue weighted by atomic mass is 10.0. The zero-order valence-electron chi connectivity index (χ0n) is 8.86. The van der Waals surface area contributed by atoms with Crippen molar-refractivity contribution in [1.82, 2.24) is 4.98 Å². The van der Waals surface area contributed by atoms with Crippen LogP contribution in [0.1, 0.15) is 15.9 Å². The predicted octanol–water partition coefficient (Wildman–Crippen LogP) is 2.79. The molecule has 0 atom stereocenters. The Morgan fingerprint density at radius 2 is 2.06 bits per heavy atom. The van der Waals surface area contributed by atoms with Crippen LogP contribution in [0.2, 0.25) is 0 Å². The minimum Gasteiger partial charge on any atom is -0.294 e. The van der Waals surface area contributed by atoms with Gasteiger partial charge in [0.1, 0.15) is 11.6 Å². The second-order valence-corrected chi connectivity index (χ2v) is 3.59. The summed E-state index contributed by atoms with van der Waals surface area (Å²) >= 11 is 0. The largest absolute Gasteiger partial charge is 0.294 e. The molecule has 1 heterocycles. The molecule has 1 aromatic carbocycles. The molecule has 0 aliphatic rings. The number of halogens is 2. The fraction of sp³-hybridized carbons (Fsp3) is 0.0769. The molecule has 2 aromatic rings. The fourth-order valence-electron chi connectivity index (χ4n) is 1.50. The highest BCUT2D eigenvalue weighted by molar-refractivity contribution is 5.97. The molecule has 0 amide bonds. The van der Waals surface area contributed by atoms with Crippen LogP contribution in [-0.4, -0.2) is 10.8 Å². The molecule has 0 fully saturated rings. The molecule has 4 heteroatoms. The summed E-state index contributed by atoms with van der Waals surface area (Å²) < 4.78 is 26.0. The number of hydrogen-bond donors (Lipinski definition) is 0. The number of nitrogens with zero attached hydrogens (tertiary/aromatic N) is 1. The van der Waals surface area contributed by atoms with Crippen molar-refractivity contribution in [1.29, 1.82) is 0 Å². The first-order chi connectivity index (χ1) is 8.16. The Hall–Kier alpha value is -2.10. The summed E-state index contributed by atoms with van der Waals surface area (Å²) in [4.78, 5) is 15.6. The van der Waals surface area contributed by atoms with Gasteiger partial charge in [0.05, 0.1) is 5.56 Å². The Labute approximate surface area is 96.9 Å². The van der Waals surface area contributed by atoms with Crippen LogP contribution in [0.15, 0.2) is 42.7 Å². The summed E-state index contributed by atoms with van der Waals surface area (Å²) in [5.74, 6) is -1.92. The maximum atomic E-state index is 13.3. The van der Waals surface area contributed by atoms with Crippen LogP contribution in [0.3, 0.4) is 0 Å². The zero-order valence-corrected chi connectivity index (χ0v) is 8.86. The Balaban J connectivity index is 2.21. The van der Waals surface area contributed by atoms with Gasteiger partial charge in [-0.3, -0.25) is 9.78 Å². The Kier molecular flexibility index (Phi) is 3.23. The molecule has 0 saturated heterocycles. The van der Waals surface area contributed by atoms with Crippen LogP contribution >= 0.6 is 0 Å². The molecular formula is C13H9F2NO. The summed E-state index contributed by atoms with van der Waals surface area (Å²) in [6.45, 7) is 0. The number of aromatic nitrogens is 1. The number of hydrogen-bond acceptors (Lipinski definition) is 2. The van der Waals surface area contributed by atoms with Crippen molar-refractivity contribution in [3.63, 3.8) is 0 Å². The monoisotopic (exact) mass is 233 g/mol. The van der Waals surface area contributed by atoms with Crippen molar-refractivity contribution in [2.75, 3.05) is 0 Å². The molecule has 0 bridgehead atoms. The van der Waals surface area contributed by atoms with Gasteiger partial charge in [0.15, 0.2) is 5.78 Å². The second-order valence-electron chi connectivity index (χ2n) is 3.59. The summed E-state index contributed by atoms with van der Waals surface area (Å²) in [6.07, 6.45) is 3.18. The van der Waals surface area contributed by atoms with E-state index in [0.717, 1.165) is 12.1 Å². The minimum atomic E-state index is -0.834. The van der Waals surface area contributed by atoms with Gasteiger partial charge in [-0.1, -0.05) is 6.07 Å². The molecule has 0 aliphatic carbocycles. The molecule has 2 rings (SSSR count). The maximum absolute atomic E-state index is 13.3. The number of rotatable bonds is 3. The van der Waals surface area contributed by atoms with Crippen molar-refractivity contribution < 1.29 is 13.6 Å². The topological polar surface area (TPSA) is 30.0 Å². The molecule has 0 unspecified atom stereocenters. The summed E-state index contributed by atoms with van der Waals surface area (Å²) in [5, 5.41) is 0. The molecular weight excluding hydrogens is 224 g/mol. The standard InChI is InChI=1S/C13H9F2NO/c14-10-3-4-11(12(15)7-10)13(17)6-9-2-1-5-16-8-9/h1-5,7-8H,6H2. The first-order valence-corrected chi connectivity index (χ1v) is 5.04. The van der Waals surface area contributed by atoms with Crippen molar-refractivity contribution >= 4 is 5.78 Å². The molecule has 86 valence electrons. The average molecular weight is 233 g/mol. The van der Waals surface area contributed by atoms with E-state index < -0.39 is 17.4 Å². The third-order valence-electron chi connectivity index (χ3n) is 2.32. The van der Waals surface area contributed by atoms with Gasteiger partial charge in [0.25, 0.3) is 0 Å². The molecule has 0 spiro atoms. The van der Waals surface area contributed by atoms with Crippen LogP contribution in [-0.2, 0) is 6.42 Å². The molecule has 0 radical (unpaired) electrons. The molecule has 17 heavy (non-hydrogen) atoms. The molecule has 0 N–H and O–H groups in total. The maximum Gasteiger partial charge on any atom is 0.170 e. The van der Waals surface area contributed by atoms with Gasteiger partial charge in [-0.05, 0) is 23.8 Å².